The lowest BCUT2D eigenvalue weighted by molar-refractivity contribution is -0.115. The van der Waals surface area contributed by atoms with Crippen LogP contribution >= 0.6 is 0 Å². The molecule has 104 valence electrons. The van der Waals surface area contributed by atoms with E-state index in [0.29, 0.717) is 5.69 Å². The Hall–Kier alpha value is -1.95. The van der Waals surface area contributed by atoms with Crippen LogP contribution in [0.3, 0.4) is 0 Å². The summed E-state index contributed by atoms with van der Waals surface area (Å²) in [7, 11) is 0. The number of anilines is 1. The molecule has 1 atom stereocenters. The number of primary amides is 1. The quantitative estimate of drug-likeness (QED) is 0.725. The van der Waals surface area contributed by atoms with Crippen molar-refractivity contribution in [1.82, 2.24) is 5.32 Å². The summed E-state index contributed by atoms with van der Waals surface area (Å²) in [6.45, 7) is 4.13. The van der Waals surface area contributed by atoms with E-state index in [0.717, 1.165) is 12.5 Å². The van der Waals surface area contributed by atoms with Gasteiger partial charge in [-0.05, 0) is 31.5 Å². The molecule has 0 radical (unpaired) electrons. The van der Waals surface area contributed by atoms with Crippen molar-refractivity contribution >= 4 is 17.5 Å². The molecular weight excluding hydrogens is 249 g/mol. The van der Waals surface area contributed by atoms with E-state index in [1.165, 1.54) is 12.1 Å². The molecule has 2 amide bonds. The zero-order valence-electron chi connectivity index (χ0n) is 11.0. The third-order valence-corrected chi connectivity index (χ3v) is 2.74. The molecule has 0 aliphatic heterocycles. The lowest BCUT2D eigenvalue weighted by Crippen LogP contribution is -2.34. The van der Waals surface area contributed by atoms with Crippen LogP contribution in [0, 0.1) is 5.82 Å². The van der Waals surface area contributed by atoms with Gasteiger partial charge in [-0.3, -0.25) is 9.59 Å². The van der Waals surface area contributed by atoms with Gasteiger partial charge in [-0.15, -0.1) is 0 Å². The normalized spacial score (nSPS) is 11.9. The van der Waals surface area contributed by atoms with Crippen LogP contribution in [0.5, 0.6) is 0 Å². The van der Waals surface area contributed by atoms with Crippen molar-refractivity contribution in [1.29, 1.82) is 0 Å². The summed E-state index contributed by atoms with van der Waals surface area (Å²) in [5.74, 6) is -1.84. The van der Waals surface area contributed by atoms with E-state index in [1.807, 2.05) is 13.8 Å². The predicted molar refractivity (Wildman–Crippen MR) is 71.3 cm³/mol. The number of rotatable bonds is 6. The molecule has 5 nitrogen and oxygen atoms in total. The monoisotopic (exact) mass is 267 g/mol. The third kappa shape index (κ3) is 4.67. The summed E-state index contributed by atoms with van der Waals surface area (Å²) < 4.78 is 13.2. The van der Waals surface area contributed by atoms with Gasteiger partial charge in [0.25, 0.3) is 5.91 Å². The summed E-state index contributed by atoms with van der Waals surface area (Å²) in [4.78, 5) is 22.6. The second-order valence-corrected chi connectivity index (χ2v) is 4.30. The van der Waals surface area contributed by atoms with Crippen molar-refractivity contribution in [3.63, 3.8) is 0 Å². The molecule has 19 heavy (non-hydrogen) atoms. The highest BCUT2D eigenvalue weighted by atomic mass is 19.1. The highest BCUT2D eigenvalue weighted by molar-refractivity contribution is 5.97. The average Bonchev–Trinajstić information content (AvgIpc) is 2.37. The van der Waals surface area contributed by atoms with Crippen LogP contribution in [0.1, 0.15) is 30.6 Å². The Kier molecular flexibility index (Phi) is 5.44. The van der Waals surface area contributed by atoms with Crippen LogP contribution < -0.4 is 16.4 Å². The number of hydrogen-bond donors (Lipinski definition) is 3. The molecule has 0 aliphatic rings. The van der Waals surface area contributed by atoms with E-state index in [-0.39, 0.29) is 24.1 Å². The van der Waals surface area contributed by atoms with Crippen LogP contribution in [-0.2, 0) is 4.79 Å². The minimum absolute atomic E-state index is 0.151. The van der Waals surface area contributed by atoms with Gasteiger partial charge in [0, 0.05) is 11.7 Å². The van der Waals surface area contributed by atoms with E-state index >= 15 is 0 Å². The van der Waals surface area contributed by atoms with E-state index < -0.39 is 11.7 Å². The summed E-state index contributed by atoms with van der Waals surface area (Å²) in [5, 5.41) is 5.59. The maximum Gasteiger partial charge on any atom is 0.251 e. The van der Waals surface area contributed by atoms with Crippen LogP contribution in [0.2, 0.25) is 0 Å². The van der Waals surface area contributed by atoms with Gasteiger partial charge in [-0.2, -0.15) is 0 Å². The molecule has 4 N–H and O–H groups in total. The molecule has 0 heterocycles. The molecule has 1 aromatic rings. The molecule has 0 saturated heterocycles. The maximum atomic E-state index is 13.2. The molecule has 0 saturated carbocycles. The van der Waals surface area contributed by atoms with Crippen molar-refractivity contribution in [3.05, 3.63) is 29.6 Å². The van der Waals surface area contributed by atoms with Gasteiger partial charge < -0.3 is 16.4 Å². The number of carbonyl (C=O) groups excluding carboxylic acids is 2. The topological polar surface area (TPSA) is 84.2 Å². The Morgan fingerprint density at radius 2 is 2.11 bits per heavy atom. The van der Waals surface area contributed by atoms with Crippen molar-refractivity contribution in [2.24, 2.45) is 5.73 Å². The first-order chi connectivity index (χ1) is 8.93. The largest absolute Gasteiger partial charge is 0.366 e. The fourth-order valence-corrected chi connectivity index (χ4v) is 1.41. The second-order valence-electron chi connectivity index (χ2n) is 4.30. The number of benzene rings is 1. The second kappa shape index (κ2) is 6.84. The smallest absolute Gasteiger partial charge is 0.251 e. The van der Waals surface area contributed by atoms with Crippen molar-refractivity contribution in [2.75, 3.05) is 11.9 Å². The Bertz CT molecular complexity index is 477. The first kappa shape index (κ1) is 15.1. The number of nitrogens with two attached hydrogens (primary N) is 1. The van der Waals surface area contributed by atoms with Gasteiger partial charge >= 0.3 is 0 Å². The van der Waals surface area contributed by atoms with Crippen LogP contribution in [0.15, 0.2) is 18.2 Å². The fraction of sp³-hybridized carbons (Fsp3) is 0.385. The van der Waals surface area contributed by atoms with E-state index in [2.05, 4.69) is 10.6 Å². The van der Waals surface area contributed by atoms with Gasteiger partial charge in [0.1, 0.15) is 5.82 Å². The molecule has 0 aromatic heterocycles. The number of halogens is 1. The highest BCUT2D eigenvalue weighted by Gasteiger charge is 2.10. The van der Waals surface area contributed by atoms with Gasteiger partial charge in [0.15, 0.2) is 0 Å². The molecule has 1 aromatic carbocycles. The fourth-order valence-electron chi connectivity index (χ4n) is 1.41. The molecule has 0 fully saturated rings. The number of hydrogen-bond acceptors (Lipinski definition) is 3. The van der Waals surface area contributed by atoms with Crippen molar-refractivity contribution < 1.29 is 14.0 Å². The number of amides is 2. The zero-order valence-corrected chi connectivity index (χ0v) is 11.0. The van der Waals surface area contributed by atoms with E-state index in [1.54, 1.807) is 0 Å². The predicted octanol–water partition coefficient (Wildman–Crippen LogP) is 1.25. The molecule has 0 aliphatic carbocycles. The third-order valence-electron chi connectivity index (χ3n) is 2.74. The molecule has 0 bridgehead atoms. The van der Waals surface area contributed by atoms with Gasteiger partial charge in [0.05, 0.1) is 12.1 Å². The number of carbonyl (C=O) groups is 2. The Balaban J connectivity index is 2.64. The Morgan fingerprint density at radius 1 is 1.42 bits per heavy atom. The summed E-state index contributed by atoms with van der Waals surface area (Å²) in [6, 6.07) is 3.93. The first-order valence-electron chi connectivity index (χ1n) is 6.06. The molecule has 0 spiro atoms. The zero-order chi connectivity index (χ0) is 14.4. The van der Waals surface area contributed by atoms with Crippen LogP contribution in [0.4, 0.5) is 10.1 Å². The molecule has 1 unspecified atom stereocenters. The van der Waals surface area contributed by atoms with E-state index in [9.17, 15) is 14.0 Å². The van der Waals surface area contributed by atoms with Crippen molar-refractivity contribution in [3.8, 4) is 0 Å². The Labute approximate surface area is 111 Å². The van der Waals surface area contributed by atoms with Crippen molar-refractivity contribution in [2.45, 2.75) is 26.3 Å². The first-order valence-corrected chi connectivity index (χ1v) is 6.06. The molecular formula is C13H18FN3O2. The van der Waals surface area contributed by atoms with Crippen LogP contribution in [-0.4, -0.2) is 24.4 Å². The van der Waals surface area contributed by atoms with E-state index in [4.69, 9.17) is 5.73 Å². The van der Waals surface area contributed by atoms with Gasteiger partial charge in [-0.25, -0.2) is 4.39 Å². The summed E-state index contributed by atoms with van der Waals surface area (Å²) >= 11 is 0. The highest BCUT2D eigenvalue weighted by Crippen LogP contribution is 2.14. The Morgan fingerprint density at radius 3 is 2.68 bits per heavy atom. The number of nitrogens with one attached hydrogen (secondary N) is 2. The molecule has 6 heteroatoms. The minimum atomic E-state index is -0.869. The summed E-state index contributed by atoms with van der Waals surface area (Å²) in [6.07, 6.45) is 0.912. The lowest BCUT2D eigenvalue weighted by Gasteiger charge is -2.11. The minimum Gasteiger partial charge on any atom is -0.366 e. The maximum absolute atomic E-state index is 13.2. The standard InChI is InChI=1S/C13H18FN3O2/c1-3-8(2)16-7-12(18)17-9-4-5-11(14)10(6-9)13(15)19/h4-6,8,16H,3,7H2,1-2H3,(H2,15,19)(H,17,18). The summed E-state index contributed by atoms with van der Waals surface area (Å²) in [5.41, 5.74) is 5.12. The van der Waals surface area contributed by atoms with Gasteiger partial charge in [0.2, 0.25) is 5.91 Å². The molecule has 1 rings (SSSR count). The van der Waals surface area contributed by atoms with Gasteiger partial charge in [-0.1, -0.05) is 6.92 Å². The van der Waals surface area contributed by atoms with Crippen LogP contribution in [0.25, 0.3) is 0 Å². The average molecular weight is 267 g/mol. The SMILES string of the molecule is CCC(C)NCC(=O)Nc1ccc(F)c(C(N)=O)c1. The lowest BCUT2D eigenvalue weighted by atomic mass is 10.2.